The second-order valence-electron chi connectivity index (χ2n) is 5.96. The summed E-state index contributed by atoms with van der Waals surface area (Å²) in [6, 6.07) is 16.3. The number of benzene rings is 1. The molecule has 0 radical (unpaired) electrons. The topological polar surface area (TPSA) is 42.0 Å². The van der Waals surface area contributed by atoms with Crippen LogP contribution in [0.3, 0.4) is 0 Å². The van der Waals surface area contributed by atoms with Crippen LogP contribution in [0.4, 0.5) is 0 Å². The molecule has 0 spiro atoms. The maximum absolute atomic E-state index is 12.5. The summed E-state index contributed by atoms with van der Waals surface area (Å²) in [7, 11) is 0. The molecule has 3 atom stereocenters. The van der Waals surface area contributed by atoms with Crippen molar-refractivity contribution < 1.29 is 4.79 Å². The lowest BCUT2D eigenvalue weighted by molar-refractivity contribution is -0.123. The Hall–Kier alpha value is -2.16. The molecule has 3 nitrogen and oxygen atoms in total. The van der Waals surface area contributed by atoms with Crippen LogP contribution in [0.15, 0.2) is 54.7 Å². The van der Waals surface area contributed by atoms with Crippen molar-refractivity contribution in [1.82, 2.24) is 10.3 Å². The van der Waals surface area contributed by atoms with Gasteiger partial charge in [-0.1, -0.05) is 49.7 Å². The van der Waals surface area contributed by atoms with Gasteiger partial charge in [-0.2, -0.15) is 0 Å². The Morgan fingerprint density at radius 1 is 1.23 bits per heavy atom. The summed E-state index contributed by atoms with van der Waals surface area (Å²) in [5, 5.41) is 3.23. The minimum absolute atomic E-state index is 0.0815. The number of amides is 1. The zero-order chi connectivity index (χ0) is 15.4. The van der Waals surface area contributed by atoms with Crippen LogP contribution < -0.4 is 5.32 Å². The van der Waals surface area contributed by atoms with Gasteiger partial charge in [-0.05, 0) is 30.5 Å². The smallest absolute Gasteiger partial charge is 0.224 e. The molecule has 114 valence electrons. The van der Waals surface area contributed by atoms with E-state index in [-0.39, 0.29) is 17.9 Å². The summed E-state index contributed by atoms with van der Waals surface area (Å²) in [5.74, 6) is 0.537. The van der Waals surface area contributed by atoms with Crippen molar-refractivity contribution in [3.8, 4) is 0 Å². The average molecular weight is 294 g/mol. The number of carbonyl (C=O) groups excluding carboxylic acids is 1. The number of nitrogens with zero attached hydrogens (tertiary/aromatic N) is 1. The van der Waals surface area contributed by atoms with Gasteiger partial charge in [-0.15, -0.1) is 0 Å². The number of rotatable bonds is 6. The van der Waals surface area contributed by atoms with E-state index < -0.39 is 0 Å². The molecule has 1 fully saturated rings. The van der Waals surface area contributed by atoms with E-state index in [1.165, 1.54) is 5.56 Å². The van der Waals surface area contributed by atoms with Gasteiger partial charge in [-0.3, -0.25) is 9.78 Å². The van der Waals surface area contributed by atoms with Crippen LogP contribution in [0.25, 0.3) is 0 Å². The Bertz CT molecular complexity index is 612. The van der Waals surface area contributed by atoms with Crippen molar-refractivity contribution in [2.24, 2.45) is 5.92 Å². The Kier molecular flexibility index (Phi) is 4.52. The van der Waals surface area contributed by atoms with Crippen LogP contribution in [-0.4, -0.2) is 10.9 Å². The maximum Gasteiger partial charge on any atom is 0.224 e. The molecule has 3 heteroatoms. The van der Waals surface area contributed by atoms with Crippen LogP contribution >= 0.6 is 0 Å². The third kappa shape index (κ3) is 3.35. The average Bonchev–Trinajstić information content (AvgIpc) is 3.37. The van der Waals surface area contributed by atoms with E-state index in [9.17, 15) is 4.79 Å². The summed E-state index contributed by atoms with van der Waals surface area (Å²) in [4.78, 5) is 16.9. The van der Waals surface area contributed by atoms with Crippen molar-refractivity contribution in [2.45, 2.75) is 38.1 Å². The molecule has 0 aliphatic heterocycles. The van der Waals surface area contributed by atoms with E-state index >= 15 is 0 Å². The van der Waals surface area contributed by atoms with Crippen molar-refractivity contribution in [3.05, 3.63) is 66.0 Å². The largest absolute Gasteiger partial charge is 0.349 e. The highest BCUT2D eigenvalue weighted by molar-refractivity contribution is 5.83. The van der Waals surface area contributed by atoms with E-state index in [0.717, 1.165) is 25.0 Å². The summed E-state index contributed by atoms with van der Waals surface area (Å²) in [5.41, 5.74) is 2.22. The summed E-state index contributed by atoms with van der Waals surface area (Å²) in [6.07, 6.45) is 4.73. The highest BCUT2D eigenvalue weighted by Gasteiger charge is 2.45. The lowest BCUT2D eigenvalue weighted by Gasteiger charge is -2.18. The molecule has 0 bridgehead atoms. The number of aromatic nitrogens is 1. The third-order valence-electron chi connectivity index (χ3n) is 4.29. The van der Waals surface area contributed by atoms with Crippen molar-refractivity contribution in [2.75, 3.05) is 0 Å². The second-order valence-corrected chi connectivity index (χ2v) is 5.96. The fraction of sp³-hybridized carbons (Fsp3) is 0.368. The SMILES string of the molecule is CCCC(NC(=O)[C@@H]1C[C@H]1c1ccccn1)c1ccccc1. The molecular weight excluding hydrogens is 272 g/mol. The van der Waals surface area contributed by atoms with Crippen LogP contribution in [0.5, 0.6) is 0 Å². The van der Waals surface area contributed by atoms with Gasteiger partial charge < -0.3 is 5.32 Å². The predicted octanol–water partition coefficient (Wildman–Crippen LogP) is 3.84. The molecule has 1 aromatic heterocycles. The second kappa shape index (κ2) is 6.73. The highest BCUT2D eigenvalue weighted by Crippen LogP contribution is 2.47. The molecule has 1 unspecified atom stereocenters. The minimum Gasteiger partial charge on any atom is -0.349 e. The van der Waals surface area contributed by atoms with Gasteiger partial charge in [-0.25, -0.2) is 0 Å². The van der Waals surface area contributed by atoms with Gasteiger partial charge in [0.25, 0.3) is 0 Å². The molecule has 3 rings (SSSR count). The predicted molar refractivity (Wildman–Crippen MR) is 87.3 cm³/mol. The van der Waals surface area contributed by atoms with Crippen molar-refractivity contribution >= 4 is 5.91 Å². The van der Waals surface area contributed by atoms with Crippen molar-refractivity contribution in [1.29, 1.82) is 0 Å². The molecule has 1 aliphatic carbocycles. The van der Waals surface area contributed by atoms with Crippen LogP contribution in [0.2, 0.25) is 0 Å². The van der Waals surface area contributed by atoms with Gasteiger partial charge in [0.05, 0.1) is 6.04 Å². The Morgan fingerprint density at radius 3 is 2.68 bits per heavy atom. The first-order chi connectivity index (χ1) is 10.8. The van der Waals surface area contributed by atoms with E-state index in [0.29, 0.717) is 5.92 Å². The third-order valence-corrected chi connectivity index (χ3v) is 4.29. The zero-order valence-electron chi connectivity index (χ0n) is 12.9. The zero-order valence-corrected chi connectivity index (χ0v) is 12.9. The molecule has 22 heavy (non-hydrogen) atoms. The minimum atomic E-state index is 0.0815. The Morgan fingerprint density at radius 2 is 2.00 bits per heavy atom. The van der Waals surface area contributed by atoms with Crippen LogP contribution in [0, 0.1) is 5.92 Å². The molecule has 1 aliphatic rings. The standard InChI is InChI=1S/C19H22N2O/c1-2-8-17(14-9-4-3-5-10-14)21-19(22)16-13-15(16)18-11-6-7-12-20-18/h3-7,9-12,15-17H,2,8,13H2,1H3,(H,21,22)/t15-,16-,17?/m1/s1. The first kappa shape index (κ1) is 14.8. The molecule has 1 N–H and O–H groups in total. The van der Waals surface area contributed by atoms with Gasteiger partial charge in [0.1, 0.15) is 0 Å². The molecule has 1 saturated carbocycles. The fourth-order valence-electron chi connectivity index (χ4n) is 2.98. The Balaban J connectivity index is 1.63. The van der Waals surface area contributed by atoms with Gasteiger partial charge >= 0.3 is 0 Å². The summed E-state index contributed by atoms with van der Waals surface area (Å²) in [6.45, 7) is 2.15. The van der Waals surface area contributed by atoms with E-state index in [4.69, 9.17) is 0 Å². The molecule has 1 heterocycles. The van der Waals surface area contributed by atoms with Gasteiger partial charge in [0.2, 0.25) is 5.91 Å². The quantitative estimate of drug-likeness (QED) is 0.879. The van der Waals surface area contributed by atoms with E-state index in [1.54, 1.807) is 6.20 Å². The molecule has 2 aromatic rings. The fourth-order valence-corrected chi connectivity index (χ4v) is 2.98. The van der Waals surface area contributed by atoms with Crippen LogP contribution in [0.1, 0.15) is 49.4 Å². The normalized spacial score (nSPS) is 21.1. The molecular formula is C19H22N2O. The van der Waals surface area contributed by atoms with Gasteiger partial charge in [0.15, 0.2) is 0 Å². The summed E-state index contributed by atoms with van der Waals surface area (Å²) < 4.78 is 0. The molecule has 1 amide bonds. The first-order valence-corrected chi connectivity index (χ1v) is 8.06. The number of pyridine rings is 1. The number of hydrogen-bond donors (Lipinski definition) is 1. The lowest BCUT2D eigenvalue weighted by atomic mass is 10.0. The number of hydrogen-bond acceptors (Lipinski definition) is 2. The molecule has 1 aromatic carbocycles. The van der Waals surface area contributed by atoms with Crippen molar-refractivity contribution in [3.63, 3.8) is 0 Å². The van der Waals surface area contributed by atoms with E-state index in [1.807, 2.05) is 36.4 Å². The van der Waals surface area contributed by atoms with Gasteiger partial charge in [0, 0.05) is 23.7 Å². The number of carbonyl (C=O) groups is 1. The molecule has 0 saturated heterocycles. The Labute approximate surface area is 131 Å². The highest BCUT2D eigenvalue weighted by atomic mass is 16.2. The summed E-state index contributed by atoms with van der Waals surface area (Å²) >= 11 is 0. The first-order valence-electron chi connectivity index (χ1n) is 8.06. The van der Waals surface area contributed by atoms with E-state index in [2.05, 4.69) is 29.4 Å². The van der Waals surface area contributed by atoms with Crippen LogP contribution in [-0.2, 0) is 4.79 Å². The number of nitrogens with one attached hydrogen (secondary N) is 1. The maximum atomic E-state index is 12.5. The monoisotopic (exact) mass is 294 g/mol. The lowest BCUT2D eigenvalue weighted by Crippen LogP contribution is -2.30.